The highest BCUT2D eigenvalue weighted by molar-refractivity contribution is 5.83. The van der Waals surface area contributed by atoms with Crippen molar-refractivity contribution < 1.29 is 9.59 Å². The number of carbonyl (C=O) groups is 2. The molecule has 2 amide bonds. The summed E-state index contributed by atoms with van der Waals surface area (Å²) in [6.45, 7) is 0.710. The molecule has 3 N–H and O–H groups in total. The first kappa shape index (κ1) is 18.7. The summed E-state index contributed by atoms with van der Waals surface area (Å²) < 4.78 is 0. The van der Waals surface area contributed by atoms with Crippen molar-refractivity contribution in [3.8, 4) is 6.07 Å². The van der Waals surface area contributed by atoms with Gasteiger partial charge < -0.3 is 16.0 Å². The van der Waals surface area contributed by atoms with Crippen molar-refractivity contribution in [2.45, 2.75) is 69.9 Å². The molecule has 0 bridgehead atoms. The monoisotopic (exact) mass is 334 g/mol. The van der Waals surface area contributed by atoms with E-state index in [1.807, 2.05) is 0 Å². The highest BCUT2D eigenvalue weighted by Crippen LogP contribution is 2.27. The Kier molecular flexibility index (Phi) is 7.51. The van der Waals surface area contributed by atoms with Crippen LogP contribution in [0.4, 0.5) is 0 Å². The summed E-state index contributed by atoms with van der Waals surface area (Å²) >= 11 is 0. The van der Waals surface area contributed by atoms with Crippen LogP contribution in [0.5, 0.6) is 0 Å². The fraction of sp³-hybridized carbons (Fsp3) is 0.833. The molecule has 2 unspecified atom stereocenters. The van der Waals surface area contributed by atoms with Crippen molar-refractivity contribution in [1.82, 2.24) is 16.0 Å². The normalized spacial score (nSPS) is 24.5. The number of nitrogens with one attached hydrogen (secondary N) is 3. The molecule has 2 fully saturated rings. The van der Waals surface area contributed by atoms with Crippen molar-refractivity contribution in [3.63, 3.8) is 0 Å². The maximum atomic E-state index is 12.5. The number of nitriles is 1. The van der Waals surface area contributed by atoms with Crippen LogP contribution in [-0.2, 0) is 9.59 Å². The highest BCUT2D eigenvalue weighted by Gasteiger charge is 2.28. The molecule has 1 saturated heterocycles. The minimum atomic E-state index is -0.603. The van der Waals surface area contributed by atoms with Crippen LogP contribution in [-0.4, -0.2) is 37.5 Å². The first-order valence-corrected chi connectivity index (χ1v) is 9.29. The molecule has 0 radical (unpaired) electrons. The second-order valence-electron chi connectivity index (χ2n) is 7.14. The van der Waals surface area contributed by atoms with Gasteiger partial charge in [0.1, 0.15) is 6.04 Å². The Labute approximate surface area is 144 Å². The molecule has 134 valence electrons. The van der Waals surface area contributed by atoms with E-state index in [-0.39, 0.29) is 23.8 Å². The molecule has 0 aromatic rings. The van der Waals surface area contributed by atoms with Crippen molar-refractivity contribution >= 4 is 11.8 Å². The van der Waals surface area contributed by atoms with Crippen molar-refractivity contribution in [3.05, 3.63) is 0 Å². The van der Waals surface area contributed by atoms with Gasteiger partial charge in [-0.05, 0) is 38.6 Å². The SMILES string of the molecule is CN[C@@H](CC1CCCCC1)C(=O)NC(C#N)CC1CCCNC1=O. The smallest absolute Gasteiger partial charge is 0.238 e. The quantitative estimate of drug-likeness (QED) is 0.657. The van der Waals surface area contributed by atoms with E-state index in [1.165, 1.54) is 32.1 Å². The maximum absolute atomic E-state index is 12.5. The number of hydrogen-bond donors (Lipinski definition) is 3. The van der Waals surface area contributed by atoms with E-state index < -0.39 is 6.04 Å². The second kappa shape index (κ2) is 9.63. The van der Waals surface area contributed by atoms with E-state index in [2.05, 4.69) is 22.0 Å². The molecule has 0 aromatic heterocycles. The van der Waals surface area contributed by atoms with Gasteiger partial charge in [0.25, 0.3) is 0 Å². The standard InChI is InChI=1S/C18H30N4O2/c1-20-16(10-13-6-3-2-4-7-13)18(24)22-15(12-19)11-14-8-5-9-21-17(14)23/h13-16,20H,2-11H2,1H3,(H,21,23)(H,22,24)/t14?,15?,16-/m0/s1. The van der Waals surface area contributed by atoms with Crippen molar-refractivity contribution in [1.29, 1.82) is 5.26 Å². The van der Waals surface area contributed by atoms with Gasteiger partial charge >= 0.3 is 0 Å². The van der Waals surface area contributed by atoms with Gasteiger partial charge in [0.05, 0.1) is 12.1 Å². The molecule has 3 atom stereocenters. The largest absolute Gasteiger partial charge is 0.356 e. The lowest BCUT2D eigenvalue weighted by molar-refractivity contribution is -0.128. The Bertz CT molecular complexity index is 468. The second-order valence-corrected chi connectivity index (χ2v) is 7.14. The predicted molar refractivity (Wildman–Crippen MR) is 91.9 cm³/mol. The Hall–Kier alpha value is -1.61. The number of rotatable bonds is 7. The van der Waals surface area contributed by atoms with E-state index >= 15 is 0 Å². The molecule has 0 spiro atoms. The fourth-order valence-corrected chi connectivity index (χ4v) is 3.87. The molecule has 0 aromatic carbocycles. The number of piperidine rings is 1. The molecule has 1 saturated carbocycles. The molecule has 2 aliphatic rings. The van der Waals surface area contributed by atoms with E-state index in [1.54, 1.807) is 7.05 Å². The molecule has 6 heteroatoms. The summed E-state index contributed by atoms with van der Waals surface area (Å²) in [5, 5.41) is 18.1. The Balaban J connectivity index is 1.84. The van der Waals surface area contributed by atoms with E-state index in [9.17, 15) is 14.9 Å². The average Bonchev–Trinajstić information content (AvgIpc) is 2.61. The van der Waals surface area contributed by atoms with Gasteiger partial charge in [0.15, 0.2) is 0 Å². The van der Waals surface area contributed by atoms with E-state index in [0.29, 0.717) is 18.9 Å². The minimum absolute atomic E-state index is 0.00289. The van der Waals surface area contributed by atoms with Crippen LogP contribution in [0, 0.1) is 23.2 Å². The lowest BCUT2D eigenvalue weighted by atomic mass is 9.84. The first-order chi connectivity index (χ1) is 11.6. The van der Waals surface area contributed by atoms with Crippen LogP contribution < -0.4 is 16.0 Å². The predicted octanol–water partition coefficient (Wildman–Crippen LogP) is 1.47. The summed E-state index contributed by atoms with van der Waals surface area (Å²) in [7, 11) is 1.79. The van der Waals surface area contributed by atoms with Gasteiger partial charge in [0.2, 0.25) is 11.8 Å². The molecular weight excluding hydrogens is 304 g/mol. The molecule has 1 aliphatic carbocycles. The number of amides is 2. The maximum Gasteiger partial charge on any atom is 0.238 e. The van der Waals surface area contributed by atoms with Crippen LogP contribution in [0.3, 0.4) is 0 Å². The summed E-state index contributed by atoms with van der Waals surface area (Å²) in [5.41, 5.74) is 0. The zero-order chi connectivity index (χ0) is 17.4. The summed E-state index contributed by atoms with van der Waals surface area (Å²) in [6, 6.07) is 1.28. The summed E-state index contributed by atoms with van der Waals surface area (Å²) in [4.78, 5) is 24.4. The first-order valence-electron chi connectivity index (χ1n) is 9.29. The molecule has 24 heavy (non-hydrogen) atoms. The third-order valence-electron chi connectivity index (χ3n) is 5.35. The lowest BCUT2D eigenvalue weighted by Gasteiger charge is -2.27. The van der Waals surface area contributed by atoms with E-state index in [0.717, 1.165) is 19.3 Å². The van der Waals surface area contributed by atoms with Crippen LogP contribution in [0.15, 0.2) is 0 Å². The summed E-state index contributed by atoms with van der Waals surface area (Å²) in [5.74, 6) is 0.302. The van der Waals surface area contributed by atoms with Crippen LogP contribution in [0.2, 0.25) is 0 Å². The van der Waals surface area contributed by atoms with Gasteiger partial charge in [-0.25, -0.2) is 0 Å². The molecular formula is C18H30N4O2. The minimum Gasteiger partial charge on any atom is -0.356 e. The topological polar surface area (TPSA) is 94.0 Å². The molecule has 1 heterocycles. The van der Waals surface area contributed by atoms with Crippen molar-refractivity contribution in [2.75, 3.05) is 13.6 Å². The molecule has 1 aliphatic heterocycles. The fourth-order valence-electron chi connectivity index (χ4n) is 3.87. The van der Waals surface area contributed by atoms with Gasteiger partial charge in [-0.1, -0.05) is 32.1 Å². The van der Waals surface area contributed by atoms with Gasteiger partial charge in [0, 0.05) is 12.5 Å². The number of carbonyl (C=O) groups excluding carboxylic acids is 2. The van der Waals surface area contributed by atoms with Crippen LogP contribution in [0.1, 0.15) is 57.8 Å². The Morgan fingerprint density at radius 3 is 2.62 bits per heavy atom. The van der Waals surface area contributed by atoms with Crippen LogP contribution in [0.25, 0.3) is 0 Å². The Morgan fingerprint density at radius 1 is 1.25 bits per heavy atom. The highest BCUT2D eigenvalue weighted by atomic mass is 16.2. The van der Waals surface area contributed by atoms with Gasteiger partial charge in [-0.3, -0.25) is 9.59 Å². The van der Waals surface area contributed by atoms with Crippen molar-refractivity contribution in [2.24, 2.45) is 11.8 Å². The number of hydrogen-bond acceptors (Lipinski definition) is 4. The summed E-state index contributed by atoms with van der Waals surface area (Å²) in [6.07, 6.45) is 9.12. The zero-order valence-corrected chi connectivity index (χ0v) is 14.6. The zero-order valence-electron chi connectivity index (χ0n) is 14.6. The Morgan fingerprint density at radius 2 is 2.00 bits per heavy atom. The lowest BCUT2D eigenvalue weighted by Crippen LogP contribution is -2.48. The molecule has 6 nitrogen and oxygen atoms in total. The van der Waals surface area contributed by atoms with Gasteiger partial charge in [-0.2, -0.15) is 5.26 Å². The third kappa shape index (κ3) is 5.48. The van der Waals surface area contributed by atoms with E-state index in [4.69, 9.17) is 0 Å². The average molecular weight is 334 g/mol. The molecule has 2 rings (SSSR count). The number of nitrogens with zero attached hydrogens (tertiary/aromatic N) is 1. The van der Waals surface area contributed by atoms with Gasteiger partial charge in [-0.15, -0.1) is 0 Å². The number of likely N-dealkylation sites (N-methyl/N-ethyl adjacent to an activating group) is 1. The third-order valence-corrected chi connectivity index (χ3v) is 5.35. The van der Waals surface area contributed by atoms with Crippen LogP contribution >= 0.6 is 0 Å².